The van der Waals surface area contributed by atoms with Gasteiger partial charge in [0.15, 0.2) is 16.6 Å². The molecule has 0 spiro atoms. The molecule has 0 saturated carbocycles. The van der Waals surface area contributed by atoms with Crippen LogP contribution in [0.1, 0.15) is 36.6 Å². The van der Waals surface area contributed by atoms with Crippen molar-refractivity contribution in [3.8, 4) is 10.7 Å². The fourth-order valence-electron chi connectivity index (χ4n) is 1.97. The number of hydrogen-bond donors (Lipinski definition) is 0. The lowest BCUT2D eigenvalue weighted by Crippen LogP contribution is -2.01. The minimum atomic E-state index is 0.262. The van der Waals surface area contributed by atoms with E-state index in [1.54, 1.807) is 4.52 Å². The van der Waals surface area contributed by atoms with E-state index in [0.717, 1.165) is 21.7 Å². The van der Waals surface area contributed by atoms with Crippen molar-refractivity contribution < 1.29 is 0 Å². The zero-order valence-corrected chi connectivity index (χ0v) is 13.1. The summed E-state index contributed by atoms with van der Waals surface area (Å²) >= 11 is 7.47. The van der Waals surface area contributed by atoms with Crippen LogP contribution >= 0.6 is 23.1 Å². The topological polar surface area (TPSA) is 68.9 Å². The molecular formula is C12H13ClN6S. The molecule has 8 heteroatoms. The Balaban J connectivity index is 2.30. The Morgan fingerprint density at radius 2 is 1.85 bits per heavy atom. The fourth-order valence-corrected chi connectivity index (χ4v) is 2.97. The number of nitrogens with zero attached hydrogens (tertiary/aromatic N) is 6. The van der Waals surface area contributed by atoms with E-state index >= 15 is 0 Å². The normalized spacial score (nSPS) is 11.7. The van der Waals surface area contributed by atoms with Crippen LogP contribution in [0, 0.1) is 13.8 Å². The number of aryl methyl sites for hydroxylation is 1. The van der Waals surface area contributed by atoms with Crippen molar-refractivity contribution in [3.63, 3.8) is 0 Å². The number of rotatable bonds is 2. The molecule has 0 aliphatic carbocycles. The van der Waals surface area contributed by atoms with Gasteiger partial charge in [-0.05, 0) is 36.9 Å². The van der Waals surface area contributed by atoms with Crippen molar-refractivity contribution in [3.05, 3.63) is 22.0 Å². The van der Waals surface area contributed by atoms with E-state index < -0.39 is 0 Å². The smallest absolute Gasteiger partial charge is 0.190 e. The van der Waals surface area contributed by atoms with E-state index in [1.165, 1.54) is 11.5 Å². The zero-order chi connectivity index (χ0) is 14.4. The van der Waals surface area contributed by atoms with Gasteiger partial charge in [-0.3, -0.25) is 0 Å². The van der Waals surface area contributed by atoms with Gasteiger partial charge in [-0.25, -0.2) is 0 Å². The van der Waals surface area contributed by atoms with E-state index in [1.807, 2.05) is 13.8 Å². The van der Waals surface area contributed by atoms with Gasteiger partial charge in [0.25, 0.3) is 0 Å². The van der Waals surface area contributed by atoms with Gasteiger partial charge in [0.1, 0.15) is 4.88 Å². The van der Waals surface area contributed by atoms with Gasteiger partial charge in [-0.1, -0.05) is 29.9 Å². The molecule has 104 valence electrons. The molecular weight excluding hydrogens is 296 g/mol. The van der Waals surface area contributed by atoms with Crippen LogP contribution in [0.25, 0.3) is 16.3 Å². The Hall–Kier alpha value is -1.60. The molecule has 6 nitrogen and oxygen atoms in total. The molecule has 0 aromatic carbocycles. The Labute approximate surface area is 125 Å². The SMILES string of the molecule is Cc1c(Cl)nn2c(-c3snnc3C(C)C)nnc2c1C. The molecule has 0 amide bonds. The highest BCUT2D eigenvalue weighted by atomic mass is 35.5. The third kappa shape index (κ3) is 1.89. The van der Waals surface area contributed by atoms with Crippen molar-refractivity contribution >= 4 is 28.8 Å². The van der Waals surface area contributed by atoms with Crippen molar-refractivity contribution in [1.29, 1.82) is 0 Å². The quantitative estimate of drug-likeness (QED) is 0.728. The molecule has 0 N–H and O–H groups in total. The molecule has 20 heavy (non-hydrogen) atoms. The van der Waals surface area contributed by atoms with Crippen molar-refractivity contribution in [2.24, 2.45) is 0 Å². The highest BCUT2D eigenvalue weighted by molar-refractivity contribution is 7.09. The molecule has 0 aliphatic rings. The Morgan fingerprint density at radius 1 is 1.10 bits per heavy atom. The summed E-state index contributed by atoms with van der Waals surface area (Å²) in [5.74, 6) is 0.904. The first-order valence-electron chi connectivity index (χ1n) is 6.21. The maximum absolute atomic E-state index is 6.17. The maximum Gasteiger partial charge on any atom is 0.198 e. The minimum absolute atomic E-state index is 0.262. The van der Waals surface area contributed by atoms with Crippen LogP contribution in [0.4, 0.5) is 0 Å². The third-order valence-electron chi connectivity index (χ3n) is 3.30. The second-order valence-corrected chi connectivity index (χ2v) is 6.05. The van der Waals surface area contributed by atoms with Gasteiger partial charge >= 0.3 is 0 Å². The summed E-state index contributed by atoms with van der Waals surface area (Å²) in [6.45, 7) is 8.02. The summed E-state index contributed by atoms with van der Waals surface area (Å²) in [7, 11) is 0. The summed E-state index contributed by atoms with van der Waals surface area (Å²) in [4.78, 5) is 0.888. The summed E-state index contributed by atoms with van der Waals surface area (Å²) in [5, 5.41) is 17.5. The molecule has 0 unspecified atom stereocenters. The monoisotopic (exact) mass is 308 g/mol. The van der Waals surface area contributed by atoms with Gasteiger partial charge in [-0.15, -0.1) is 15.3 Å². The number of fused-ring (bicyclic) bond motifs is 1. The summed E-state index contributed by atoms with van der Waals surface area (Å²) < 4.78 is 5.69. The maximum atomic E-state index is 6.17. The van der Waals surface area contributed by atoms with E-state index in [2.05, 4.69) is 38.7 Å². The predicted octanol–water partition coefficient (Wildman–Crippen LogP) is 3.04. The van der Waals surface area contributed by atoms with E-state index in [9.17, 15) is 0 Å². The second-order valence-electron chi connectivity index (χ2n) is 4.94. The predicted molar refractivity (Wildman–Crippen MR) is 78.3 cm³/mol. The first-order chi connectivity index (χ1) is 9.50. The Kier molecular flexibility index (Phi) is 3.18. The average molecular weight is 309 g/mol. The van der Waals surface area contributed by atoms with Crippen LogP contribution in [0.2, 0.25) is 5.15 Å². The molecule has 3 aromatic rings. The van der Waals surface area contributed by atoms with Crippen LogP contribution in [-0.2, 0) is 0 Å². The van der Waals surface area contributed by atoms with Crippen LogP contribution < -0.4 is 0 Å². The largest absolute Gasteiger partial charge is 0.198 e. The van der Waals surface area contributed by atoms with E-state index in [4.69, 9.17) is 11.6 Å². The minimum Gasteiger partial charge on any atom is -0.190 e. The van der Waals surface area contributed by atoms with Crippen LogP contribution in [0.3, 0.4) is 0 Å². The van der Waals surface area contributed by atoms with Gasteiger partial charge < -0.3 is 0 Å². The van der Waals surface area contributed by atoms with Gasteiger partial charge in [0.2, 0.25) is 0 Å². The molecule has 3 rings (SSSR count). The standard InChI is InChI=1S/C12H13ClN6S/c1-5(2)8-9(20-18-14-8)12-16-15-11-7(4)6(3)10(13)17-19(11)12/h5H,1-4H3. The molecule has 3 heterocycles. The molecule has 0 radical (unpaired) electrons. The molecule has 0 saturated heterocycles. The van der Waals surface area contributed by atoms with Crippen LogP contribution in [0.5, 0.6) is 0 Å². The lowest BCUT2D eigenvalue weighted by Gasteiger charge is -2.05. The van der Waals surface area contributed by atoms with Gasteiger partial charge in [0, 0.05) is 5.56 Å². The van der Waals surface area contributed by atoms with Crippen molar-refractivity contribution in [1.82, 2.24) is 29.4 Å². The number of hydrogen-bond acceptors (Lipinski definition) is 6. The molecule has 0 bridgehead atoms. The highest BCUT2D eigenvalue weighted by Gasteiger charge is 2.21. The zero-order valence-electron chi connectivity index (χ0n) is 11.5. The van der Waals surface area contributed by atoms with E-state index in [-0.39, 0.29) is 5.92 Å². The Morgan fingerprint density at radius 3 is 2.55 bits per heavy atom. The lowest BCUT2D eigenvalue weighted by molar-refractivity contribution is 0.809. The summed E-state index contributed by atoms with van der Waals surface area (Å²) in [6.07, 6.45) is 0. The first kappa shape index (κ1) is 13.4. The molecule has 0 atom stereocenters. The summed E-state index contributed by atoms with van der Waals surface area (Å²) in [6, 6.07) is 0. The van der Waals surface area contributed by atoms with E-state index in [0.29, 0.717) is 16.6 Å². The molecule has 0 aliphatic heterocycles. The molecule has 3 aromatic heterocycles. The van der Waals surface area contributed by atoms with Gasteiger partial charge in [0.05, 0.1) is 5.69 Å². The number of halogens is 1. The lowest BCUT2D eigenvalue weighted by atomic mass is 10.1. The molecule has 0 fully saturated rings. The second kappa shape index (κ2) is 4.75. The fraction of sp³-hybridized carbons (Fsp3) is 0.417. The Bertz CT molecular complexity index is 791. The van der Waals surface area contributed by atoms with Crippen LogP contribution in [-0.4, -0.2) is 29.4 Å². The van der Waals surface area contributed by atoms with Gasteiger partial charge in [-0.2, -0.15) is 9.61 Å². The van der Waals surface area contributed by atoms with Crippen LogP contribution in [0.15, 0.2) is 0 Å². The summed E-state index contributed by atoms with van der Waals surface area (Å²) in [5.41, 5.74) is 3.52. The average Bonchev–Trinajstić information content (AvgIpc) is 3.01. The third-order valence-corrected chi connectivity index (χ3v) is 4.40. The van der Waals surface area contributed by atoms with Crippen molar-refractivity contribution in [2.75, 3.05) is 0 Å². The first-order valence-corrected chi connectivity index (χ1v) is 7.36. The van der Waals surface area contributed by atoms with Crippen molar-refractivity contribution in [2.45, 2.75) is 33.6 Å². The highest BCUT2D eigenvalue weighted by Crippen LogP contribution is 2.30. The number of aromatic nitrogens is 6.